The van der Waals surface area contributed by atoms with E-state index in [4.69, 9.17) is 0 Å². The number of fused-ring (bicyclic) bond motifs is 1. The van der Waals surface area contributed by atoms with Crippen LogP contribution in [0.25, 0.3) is 0 Å². The topological polar surface area (TPSA) is 104 Å². The second-order valence-corrected chi connectivity index (χ2v) is 8.16. The Labute approximate surface area is 151 Å². The van der Waals surface area contributed by atoms with Crippen LogP contribution in [0.1, 0.15) is 24.8 Å². The van der Waals surface area contributed by atoms with Crippen molar-refractivity contribution in [2.24, 2.45) is 0 Å². The summed E-state index contributed by atoms with van der Waals surface area (Å²) in [5, 5.41) is 10.8. The van der Waals surface area contributed by atoms with Crippen LogP contribution in [0.5, 0.6) is 0 Å². The average molecular weight is 373 g/mol. The van der Waals surface area contributed by atoms with Gasteiger partial charge in [-0.15, -0.1) is 10.2 Å². The number of sulfonamides is 1. The molecule has 1 saturated heterocycles. The summed E-state index contributed by atoms with van der Waals surface area (Å²) >= 11 is 0. The fourth-order valence-corrected chi connectivity index (χ4v) is 4.29. The van der Waals surface area contributed by atoms with Gasteiger partial charge in [0.1, 0.15) is 0 Å². The van der Waals surface area contributed by atoms with E-state index in [1.807, 2.05) is 0 Å². The number of hydrogen-bond donors (Lipinski definition) is 2. The number of carbonyl (C=O) groups excluding carboxylic acids is 1. The summed E-state index contributed by atoms with van der Waals surface area (Å²) in [6.07, 6.45) is 3.67. The van der Waals surface area contributed by atoms with Crippen LogP contribution in [0.15, 0.2) is 35.2 Å². The third-order valence-electron chi connectivity index (χ3n) is 4.58. The summed E-state index contributed by atoms with van der Waals surface area (Å²) in [5.74, 6) is 0.789. The molecule has 26 heavy (non-hydrogen) atoms. The number of aromatic nitrogens is 2. The Morgan fingerprint density at radius 2 is 1.85 bits per heavy atom. The average Bonchev–Trinajstić information content (AvgIpc) is 3.02. The van der Waals surface area contributed by atoms with Gasteiger partial charge in [0.25, 0.3) is 10.0 Å². The molecule has 0 spiro atoms. The zero-order valence-electron chi connectivity index (χ0n) is 14.1. The van der Waals surface area contributed by atoms with Gasteiger partial charge in [0.05, 0.1) is 11.3 Å². The molecule has 1 aromatic carbocycles. The van der Waals surface area contributed by atoms with Gasteiger partial charge in [0, 0.05) is 18.8 Å². The molecular weight excluding hydrogens is 354 g/mol. The van der Waals surface area contributed by atoms with Crippen LogP contribution in [-0.2, 0) is 21.2 Å². The Hall–Kier alpha value is -2.68. The molecule has 0 saturated carbocycles. The van der Waals surface area contributed by atoms with Crippen LogP contribution in [-0.4, -0.2) is 37.6 Å². The van der Waals surface area contributed by atoms with Crippen molar-refractivity contribution >= 4 is 33.3 Å². The first-order valence-corrected chi connectivity index (χ1v) is 10.0. The molecule has 0 radical (unpaired) electrons. The van der Waals surface area contributed by atoms with Crippen molar-refractivity contribution in [2.45, 2.75) is 30.6 Å². The molecule has 0 unspecified atom stereocenters. The molecule has 1 amide bonds. The second kappa shape index (κ2) is 6.56. The molecule has 0 atom stereocenters. The molecule has 8 nitrogen and oxygen atoms in total. The van der Waals surface area contributed by atoms with Crippen LogP contribution in [0.4, 0.5) is 17.3 Å². The van der Waals surface area contributed by atoms with Gasteiger partial charge in [-0.25, -0.2) is 8.42 Å². The highest BCUT2D eigenvalue weighted by Gasteiger charge is 2.22. The zero-order chi connectivity index (χ0) is 18.1. The first-order chi connectivity index (χ1) is 12.5. The minimum Gasteiger partial charge on any atom is -0.355 e. The van der Waals surface area contributed by atoms with Crippen molar-refractivity contribution in [3.05, 3.63) is 35.9 Å². The molecule has 2 N–H and O–H groups in total. The van der Waals surface area contributed by atoms with Crippen LogP contribution in [0.3, 0.4) is 0 Å². The lowest BCUT2D eigenvalue weighted by molar-refractivity contribution is -0.115. The highest BCUT2D eigenvalue weighted by atomic mass is 32.2. The highest BCUT2D eigenvalue weighted by Crippen LogP contribution is 2.26. The second-order valence-electron chi connectivity index (χ2n) is 6.47. The summed E-state index contributed by atoms with van der Waals surface area (Å²) in [4.78, 5) is 13.7. The molecule has 1 fully saturated rings. The lowest BCUT2D eigenvalue weighted by atomic mass is 10.1. The number of rotatable bonds is 4. The van der Waals surface area contributed by atoms with Crippen molar-refractivity contribution in [1.29, 1.82) is 0 Å². The van der Waals surface area contributed by atoms with Gasteiger partial charge in [-0.2, -0.15) is 0 Å². The van der Waals surface area contributed by atoms with E-state index >= 15 is 0 Å². The number of nitrogens with zero attached hydrogens (tertiary/aromatic N) is 3. The number of benzene rings is 1. The van der Waals surface area contributed by atoms with Crippen LogP contribution < -0.4 is 14.9 Å². The number of hydrogen-bond acceptors (Lipinski definition) is 6. The Bertz CT molecular complexity index is 937. The smallest absolute Gasteiger partial charge is 0.263 e. The SMILES string of the molecule is O=C1Cc2cc(S(=O)(=O)Nc3ccc(N4CCCCC4)nn3)ccc2N1. The molecule has 2 aliphatic heterocycles. The van der Waals surface area contributed by atoms with Gasteiger partial charge in [-0.1, -0.05) is 0 Å². The third-order valence-corrected chi connectivity index (χ3v) is 5.93. The van der Waals surface area contributed by atoms with E-state index in [0.29, 0.717) is 11.3 Å². The molecule has 2 aliphatic rings. The molecule has 1 aromatic heterocycles. The molecule has 9 heteroatoms. The number of piperidine rings is 1. The maximum Gasteiger partial charge on any atom is 0.263 e. The predicted octanol–water partition coefficient (Wildman–Crippen LogP) is 1.76. The molecule has 3 heterocycles. The number of carbonyl (C=O) groups is 1. The van der Waals surface area contributed by atoms with E-state index in [0.717, 1.165) is 31.7 Å². The minimum absolute atomic E-state index is 0.0923. The summed E-state index contributed by atoms with van der Waals surface area (Å²) in [7, 11) is -3.80. The molecule has 2 aromatic rings. The van der Waals surface area contributed by atoms with Crippen LogP contribution in [0.2, 0.25) is 0 Å². The summed E-state index contributed by atoms with van der Waals surface area (Å²) in [6.45, 7) is 1.89. The summed E-state index contributed by atoms with van der Waals surface area (Å²) in [6, 6.07) is 7.96. The third kappa shape index (κ3) is 3.34. The highest BCUT2D eigenvalue weighted by molar-refractivity contribution is 7.92. The van der Waals surface area contributed by atoms with Crippen LogP contribution >= 0.6 is 0 Å². The van der Waals surface area contributed by atoms with Crippen molar-refractivity contribution in [1.82, 2.24) is 10.2 Å². The largest absolute Gasteiger partial charge is 0.355 e. The zero-order valence-corrected chi connectivity index (χ0v) is 14.9. The Morgan fingerprint density at radius 1 is 1.04 bits per heavy atom. The fraction of sp³-hybridized carbons (Fsp3) is 0.353. The molecule has 4 rings (SSSR count). The maximum atomic E-state index is 12.6. The Kier molecular flexibility index (Phi) is 4.23. The van der Waals surface area contributed by atoms with Gasteiger partial charge in [-0.05, 0) is 55.2 Å². The first kappa shape index (κ1) is 16.8. The van der Waals surface area contributed by atoms with Gasteiger partial charge in [0.2, 0.25) is 5.91 Å². The summed E-state index contributed by atoms with van der Waals surface area (Å²) in [5.41, 5.74) is 1.32. The number of anilines is 3. The monoisotopic (exact) mass is 373 g/mol. The molecule has 136 valence electrons. The van der Waals surface area contributed by atoms with E-state index in [-0.39, 0.29) is 23.0 Å². The van der Waals surface area contributed by atoms with E-state index in [2.05, 4.69) is 25.1 Å². The van der Waals surface area contributed by atoms with Gasteiger partial charge in [0.15, 0.2) is 11.6 Å². The molecule has 0 bridgehead atoms. The fourth-order valence-electron chi connectivity index (χ4n) is 3.24. The van der Waals surface area contributed by atoms with Crippen molar-refractivity contribution in [2.75, 3.05) is 28.0 Å². The minimum atomic E-state index is -3.80. The van der Waals surface area contributed by atoms with Crippen molar-refractivity contribution < 1.29 is 13.2 Å². The molecular formula is C17H19N5O3S. The standard InChI is InChI=1S/C17H19N5O3S/c23-17-11-12-10-13(4-5-14(12)18-17)26(24,25)21-15-6-7-16(20-19-15)22-8-2-1-3-9-22/h4-7,10H,1-3,8-9,11H2,(H,18,23)(H,19,21). The normalized spacial score (nSPS) is 16.9. The van der Waals surface area contributed by atoms with E-state index in [1.165, 1.54) is 18.6 Å². The lowest BCUT2D eigenvalue weighted by Crippen LogP contribution is -2.30. The predicted molar refractivity (Wildman–Crippen MR) is 97.7 cm³/mol. The van der Waals surface area contributed by atoms with E-state index in [9.17, 15) is 13.2 Å². The van der Waals surface area contributed by atoms with E-state index < -0.39 is 10.0 Å². The summed E-state index contributed by atoms with van der Waals surface area (Å²) < 4.78 is 27.6. The van der Waals surface area contributed by atoms with Gasteiger partial charge in [-0.3, -0.25) is 9.52 Å². The molecule has 0 aliphatic carbocycles. The van der Waals surface area contributed by atoms with Gasteiger partial charge < -0.3 is 10.2 Å². The Morgan fingerprint density at radius 3 is 2.58 bits per heavy atom. The quantitative estimate of drug-likeness (QED) is 0.846. The van der Waals surface area contributed by atoms with Crippen molar-refractivity contribution in [3.8, 4) is 0 Å². The first-order valence-electron chi connectivity index (χ1n) is 8.55. The maximum absolute atomic E-state index is 12.6. The Balaban J connectivity index is 1.51. The van der Waals surface area contributed by atoms with E-state index in [1.54, 1.807) is 18.2 Å². The van der Waals surface area contributed by atoms with Crippen molar-refractivity contribution in [3.63, 3.8) is 0 Å². The van der Waals surface area contributed by atoms with Crippen LogP contribution in [0, 0.1) is 0 Å². The van der Waals surface area contributed by atoms with Gasteiger partial charge >= 0.3 is 0 Å². The lowest BCUT2D eigenvalue weighted by Gasteiger charge is -2.27. The number of amides is 1. The number of nitrogens with one attached hydrogen (secondary N) is 2.